The number of carbonyl (C=O) groups is 2. The van der Waals surface area contributed by atoms with Crippen LogP contribution in [-0.4, -0.2) is 28.1 Å². The molecule has 3 aromatic carbocycles. The number of hydrogen-bond acceptors (Lipinski definition) is 5. The average molecular weight is 495 g/mol. The predicted molar refractivity (Wildman–Crippen MR) is 143 cm³/mol. The van der Waals surface area contributed by atoms with Crippen molar-refractivity contribution in [2.45, 2.75) is 52.0 Å². The minimum absolute atomic E-state index is 0.0601. The summed E-state index contributed by atoms with van der Waals surface area (Å²) in [5, 5.41) is 14.4. The molecular weight excluding hydrogens is 464 g/mol. The number of anilines is 1. The van der Waals surface area contributed by atoms with Gasteiger partial charge in [-0.3, -0.25) is 9.59 Å². The molecule has 7 heteroatoms. The summed E-state index contributed by atoms with van der Waals surface area (Å²) in [5.41, 5.74) is 5.31. The van der Waals surface area contributed by atoms with Crippen molar-refractivity contribution >= 4 is 17.5 Å². The van der Waals surface area contributed by atoms with Crippen molar-refractivity contribution in [1.29, 1.82) is 0 Å². The molecular formula is C30H30N4O3. The summed E-state index contributed by atoms with van der Waals surface area (Å²) in [7, 11) is 0. The van der Waals surface area contributed by atoms with Crippen LogP contribution in [0, 0.1) is 13.8 Å². The van der Waals surface area contributed by atoms with E-state index in [1.54, 1.807) is 36.4 Å². The second kappa shape index (κ2) is 10.8. The monoisotopic (exact) mass is 494 g/mol. The van der Waals surface area contributed by atoms with Crippen LogP contribution in [0.5, 0.6) is 0 Å². The Balaban J connectivity index is 1.23. The van der Waals surface area contributed by atoms with E-state index in [0.717, 1.165) is 35.1 Å². The van der Waals surface area contributed by atoms with E-state index in [4.69, 9.17) is 4.42 Å². The Labute approximate surface area is 216 Å². The molecule has 1 fully saturated rings. The molecule has 1 aromatic heterocycles. The highest BCUT2D eigenvalue weighted by atomic mass is 16.4. The number of aryl methyl sites for hydroxylation is 2. The largest absolute Gasteiger partial charge is 0.416 e. The number of rotatable bonds is 6. The van der Waals surface area contributed by atoms with Gasteiger partial charge in [0.15, 0.2) is 0 Å². The first-order chi connectivity index (χ1) is 18.0. The van der Waals surface area contributed by atoms with Crippen LogP contribution in [-0.2, 0) is 0 Å². The van der Waals surface area contributed by atoms with Gasteiger partial charge in [-0.25, -0.2) is 0 Å². The van der Waals surface area contributed by atoms with E-state index in [2.05, 4.69) is 20.8 Å². The van der Waals surface area contributed by atoms with Gasteiger partial charge in [0.25, 0.3) is 11.8 Å². The van der Waals surface area contributed by atoms with Crippen molar-refractivity contribution in [3.8, 4) is 22.9 Å². The first-order valence-electron chi connectivity index (χ1n) is 12.7. The van der Waals surface area contributed by atoms with Crippen molar-refractivity contribution in [2.75, 3.05) is 5.32 Å². The molecule has 0 unspecified atom stereocenters. The Morgan fingerprint density at radius 3 is 2.19 bits per heavy atom. The Bertz CT molecular complexity index is 1420. The van der Waals surface area contributed by atoms with Crippen LogP contribution >= 0.6 is 0 Å². The fourth-order valence-corrected chi connectivity index (χ4v) is 4.65. The Hall–Kier alpha value is -4.26. The van der Waals surface area contributed by atoms with E-state index in [1.165, 1.54) is 19.3 Å². The summed E-state index contributed by atoms with van der Waals surface area (Å²) >= 11 is 0. The number of carbonyl (C=O) groups excluding carboxylic acids is 2. The molecule has 1 aliphatic rings. The second-order valence-corrected chi connectivity index (χ2v) is 9.65. The van der Waals surface area contributed by atoms with Gasteiger partial charge in [0, 0.05) is 34.0 Å². The van der Waals surface area contributed by atoms with Crippen molar-refractivity contribution in [3.05, 3.63) is 89.0 Å². The maximum atomic E-state index is 12.9. The van der Waals surface area contributed by atoms with Crippen LogP contribution in [0.25, 0.3) is 22.9 Å². The first-order valence-corrected chi connectivity index (χ1v) is 12.7. The van der Waals surface area contributed by atoms with Gasteiger partial charge in [0.2, 0.25) is 11.8 Å². The van der Waals surface area contributed by atoms with Crippen LogP contribution in [0.3, 0.4) is 0 Å². The topological polar surface area (TPSA) is 97.1 Å². The summed E-state index contributed by atoms with van der Waals surface area (Å²) < 4.78 is 5.85. The predicted octanol–water partition coefficient (Wildman–Crippen LogP) is 6.34. The molecule has 0 spiro atoms. The standard InChI is InChI=1S/C30H30N4O3/c1-19-7-6-8-24(17-19)30-34-33-29(37-30)22-13-11-21(12-14-22)27(35)32-26-16-15-23(18-20(26)2)28(36)31-25-9-4-3-5-10-25/h6-8,11-18,25H,3-5,9-10H2,1-2H3,(H,31,36)(H,32,35). The van der Waals surface area contributed by atoms with Gasteiger partial charge in [0.05, 0.1) is 0 Å². The van der Waals surface area contributed by atoms with Crippen LogP contribution in [0.4, 0.5) is 5.69 Å². The normalized spacial score (nSPS) is 13.8. The molecule has 4 aromatic rings. The molecule has 7 nitrogen and oxygen atoms in total. The molecule has 0 bridgehead atoms. The summed E-state index contributed by atoms with van der Waals surface area (Å²) in [4.78, 5) is 25.5. The SMILES string of the molecule is Cc1cccc(-c2nnc(-c3ccc(C(=O)Nc4ccc(C(=O)NC5CCCCC5)cc4C)cc3)o2)c1. The second-order valence-electron chi connectivity index (χ2n) is 9.65. The highest BCUT2D eigenvalue weighted by Crippen LogP contribution is 2.25. The van der Waals surface area contributed by atoms with Gasteiger partial charge in [-0.1, -0.05) is 37.0 Å². The van der Waals surface area contributed by atoms with E-state index in [9.17, 15) is 9.59 Å². The fourth-order valence-electron chi connectivity index (χ4n) is 4.65. The zero-order chi connectivity index (χ0) is 25.8. The van der Waals surface area contributed by atoms with E-state index >= 15 is 0 Å². The van der Waals surface area contributed by atoms with Gasteiger partial charge in [-0.05, 0) is 86.8 Å². The van der Waals surface area contributed by atoms with Crippen LogP contribution in [0.2, 0.25) is 0 Å². The molecule has 1 aliphatic carbocycles. The molecule has 2 N–H and O–H groups in total. The van der Waals surface area contributed by atoms with Crippen molar-refractivity contribution < 1.29 is 14.0 Å². The fraction of sp³-hybridized carbons (Fsp3) is 0.267. The van der Waals surface area contributed by atoms with Gasteiger partial charge in [-0.15, -0.1) is 10.2 Å². The lowest BCUT2D eigenvalue weighted by Crippen LogP contribution is -2.36. The summed E-state index contributed by atoms with van der Waals surface area (Å²) in [6.07, 6.45) is 5.66. The quantitative estimate of drug-likeness (QED) is 0.326. The smallest absolute Gasteiger partial charge is 0.255 e. The van der Waals surface area contributed by atoms with E-state index in [1.807, 2.05) is 44.2 Å². The molecule has 5 rings (SSSR count). The van der Waals surface area contributed by atoms with Crippen LogP contribution in [0.15, 0.2) is 71.1 Å². The van der Waals surface area contributed by atoms with E-state index < -0.39 is 0 Å². The Morgan fingerprint density at radius 2 is 1.49 bits per heavy atom. The number of nitrogens with one attached hydrogen (secondary N) is 2. The first kappa shape index (κ1) is 24.4. The molecule has 2 amide bonds. The highest BCUT2D eigenvalue weighted by Gasteiger charge is 2.18. The molecule has 1 saturated carbocycles. The molecule has 37 heavy (non-hydrogen) atoms. The molecule has 188 valence electrons. The maximum absolute atomic E-state index is 12.9. The lowest BCUT2D eigenvalue weighted by Gasteiger charge is -2.23. The summed E-state index contributed by atoms with van der Waals surface area (Å²) in [6, 6.07) is 20.5. The number of amides is 2. The van der Waals surface area contributed by atoms with Gasteiger partial charge in [-0.2, -0.15) is 0 Å². The minimum atomic E-state index is -0.236. The Kier molecular flexibility index (Phi) is 7.12. The van der Waals surface area contributed by atoms with Crippen LogP contribution in [0.1, 0.15) is 63.9 Å². The lowest BCUT2D eigenvalue weighted by molar-refractivity contribution is 0.0927. The molecule has 1 heterocycles. The maximum Gasteiger partial charge on any atom is 0.255 e. The number of benzene rings is 3. The Morgan fingerprint density at radius 1 is 0.784 bits per heavy atom. The third-order valence-electron chi connectivity index (χ3n) is 6.76. The van der Waals surface area contributed by atoms with Gasteiger partial charge >= 0.3 is 0 Å². The van der Waals surface area contributed by atoms with Crippen molar-refractivity contribution in [3.63, 3.8) is 0 Å². The molecule has 0 aliphatic heterocycles. The summed E-state index contributed by atoms with van der Waals surface area (Å²) in [6.45, 7) is 3.90. The zero-order valence-corrected chi connectivity index (χ0v) is 21.1. The van der Waals surface area contributed by atoms with Crippen molar-refractivity contribution in [2.24, 2.45) is 0 Å². The third kappa shape index (κ3) is 5.77. The number of hydrogen-bond donors (Lipinski definition) is 2. The minimum Gasteiger partial charge on any atom is -0.416 e. The molecule has 0 radical (unpaired) electrons. The molecule has 0 atom stereocenters. The number of aromatic nitrogens is 2. The van der Waals surface area contributed by atoms with Crippen molar-refractivity contribution in [1.82, 2.24) is 15.5 Å². The van der Waals surface area contributed by atoms with E-state index in [0.29, 0.717) is 28.6 Å². The third-order valence-corrected chi connectivity index (χ3v) is 6.76. The van der Waals surface area contributed by atoms with Crippen LogP contribution < -0.4 is 10.6 Å². The van der Waals surface area contributed by atoms with Gasteiger partial charge < -0.3 is 15.1 Å². The molecule has 0 saturated heterocycles. The average Bonchev–Trinajstić information content (AvgIpc) is 3.41. The summed E-state index contributed by atoms with van der Waals surface area (Å²) in [5.74, 6) is 0.545. The zero-order valence-electron chi connectivity index (χ0n) is 21.1. The number of nitrogens with zero attached hydrogens (tertiary/aromatic N) is 2. The highest BCUT2D eigenvalue weighted by molar-refractivity contribution is 6.05. The van der Waals surface area contributed by atoms with E-state index in [-0.39, 0.29) is 17.9 Å². The van der Waals surface area contributed by atoms with Gasteiger partial charge in [0.1, 0.15) is 0 Å². The lowest BCUT2D eigenvalue weighted by atomic mass is 9.95.